The number of nitrogens with zero attached hydrogens (tertiary/aromatic N) is 1. The van der Waals surface area contributed by atoms with Crippen LogP contribution in [0, 0.1) is 10.2 Å². The van der Waals surface area contributed by atoms with Gasteiger partial charge in [0.2, 0.25) is 0 Å². The predicted octanol–water partition coefficient (Wildman–Crippen LogP) is 4.08. The number of benzene rings is 1. The molecule has 1 aromatic heterocycles. The van der Waals surface area contributed by atoms with E-state index >= 15 is 0 Å². The first-order valence-corrected chi connectivity index (χ1v) is 7.79. The number of hydrogen-bond acceptors (Lipinski definition) is 3. The maximum atomic E-state index is 5.83. The monoisotopic (exact) mass is 306 g/mol. The predicted molar refractivity (Wildman–Crippen MR) is 86.5 cm³/mol. The van der Waals surface area contributed by atoms with Crippen molar-refractivity contribution in [3.05, 3.63) is 23.0 Å². The Kier molecular flexibility index (Phi) is 3.58. The lowest BCUT2D eigenvalue weighted by Gasteiger charge is -2.52. The summed E-state index contributed by atoms with van der Waals surface area (Å²) < 4.78 is 14.1. The second-order valence-corrected chi connectivity index (χ2v) is 6.59. The number of aromatic nitrogens is 2. The number of H-pyrrole nitrogens is 1. The highest BCUT2D eigenvalue weighted by Gasteiger charge is 2.50. The Morgan fingerprint density at radius 2 is 2.19 bits per heavy atom. The largest absolute Gasteiger partial charge is 0.497 e. The van der Waals surface area contributed by atoms with Crippen LogP contribution in [0.5, 0.6) is 5.75 Å². The summed E-state index contributed by atoms with van der Waals surface area (Å²) in [5, 5.41) is 0. The van der Waals surface area contributed by atoms with E-state index in [4.69, 9.17) is 21.7 Å². The van der Waals surface area contributed by atoms with Crippen LogP contribution in [-0.2, 0) is 4.74 Å². The average Bonchev–Trinajstić information content (AvgIpc) is 2.77. The van der Waals surface area contributed by atoms with Gasteiger partial charge in [-0.2, -0.15) is 0 Å². The van der Waals surface area contributed by atoms with Gasteiger partial charge in [-0.3, -0.25) is 0 Å². The van der Waals surface area contributed by atoms with Crippen LogP contribution in [0.25, 0.3) is 11.0 Å². The Bertz CT molecular complexity index is 717. The van der Waals surface area contributed by atoms with Gasteiger partial charge in [0.1, 0.15) is 5.75 Å². The minimum absolute atomic E-state index is 0.0866. The zero-order valence-electron chi connectivity index (χ0n) is 13.0. The molecule has 2 unspecified atom stereocenters. The van der Waals surface area contributed by atoms with Crippen LogP contribution in [0.15, 0.2) is 18.2 Å². The molecule has 0 radical (unpaired) electrons. The maximum Gasteiger partial charge on any atom is 0.178 e. The van der Waals surface area contributed by atoms with Crippen molar-refractivity contribution in [2.24, 2.45) is 5.41 Å². The molecule has 1 N–H and O–H groups in total. The number of aromatic amines is 1. The third-order valence-corrected chi connectivity index (χ3v) is 5.03. The Balaban J connectivity index is 2.02. The minimum atomic E-state index is 0.0866. The first-order valence-electron chi connectivity index (χ1n) is 7.39. The molecule has 3 rings (SSSR count). The summed E-state index contributed by atoms with van der Waals surface area (Å²) in [6.07, 6.45) is 1.31. The summed E-state index contributed by atoms with van der Waals surface area (Å²) in [6.45, 7) is 7.32. The molecule has 0 amide bonds. The lowest BCUT2D eigenvalue weighted by molar-refractivity contribution is -0.127. The first-order chi connectivity index (χ1) is 9.98. The van der Waals surface area contributed by atoms with Gasteiger partial charge in [-0.05, 0) is 37.7 Å². The molecule has 1 aromatic carbocycles. The fraction of sp³-hybridized carbons (Fsp3) is 0.562. The molecule has 1 saturated carbocycles. The molecule has 0 spiro atoms. The molecule has 0 saturated heterocycles. The molecular weight excluding hydrogens is 284 g/mol. The van der Waals surface area contributed by atoms with Gasteiger partial charge in [-0.15, -0.1) is 0 Å². The van der Waals surface area contributed by atoms with Gasteiger partial charge in [0.05, 0.1) is 24.2 Å². The summed E-state index contributed by atoms with van der Waals surface area (Å²) in [5.41, 5.74) is 2.24. The second kappa shape index (κ2) is 5.14. The number of hydrogen-bond donors (Lipinski definition) is 1. The van der Waals surface area contributed by atoms with E-state index in [9.17, 15) is 0 Å². The maximum absolute atomic E-state index is 5.83. The quantitative estimate of drug-likeness (QED) is 0.865. The lowest BCUT2D eigenvalue weighted by Crippen LogP contribution is -2.51. The highest BCUT2D eigenvalue weighted by molar-refractivity contribution is 7.71. The highest BCUT2D eigenvalue weighted by atomic mass is 32.1. The van der Waals surface area contributed by atoms with Crippen molar-refractivity contribution in [2.45, 2.75) is 39.3 Å². The molecule has 2 aromatic rings. The summed E-state index contributed by atoms with van der Waals surface area (Å²) in [5.74, 6) is 0.839. The zero-order valence-corrected chi connectivity index (χ0v) is 13.8. The van der Waals surface area contributed by atoms with Crippen LogP contribution >= 0.6 is 12.2 Å². The molecule has 2 atom stereocenters. The van der Waals surface area contributed by atoms with Crippen molar-refractivity contribution >= 4 is 23.3 Å². The number of ether oxygens (including phenoxy) is 2. The van der Waals surface area contributed by atoms with Gasteiger partial charge in [0.15, 0.2) is 4.77 Å². The van der Waals surface area contributed by atoms with E-state index in [0.717, 1.165) is 34.6 Å². The highest BCUT2D eigenvalue weighted by Crippen LogP contribution is 2.52. The van der Waals surface area contributed by atoms with E-state index in [1.165, 1.54) is 0 Å². The Labute approximate surface area is 130 Å². The first kappa shape index (κ1) is 14.6. The summed E-state index contributed by atoms with van der Waals surface area (Å²) in [4.78, 5) is 3.29. The fourth-order valence-corrected chi connectivity index (χ4v) is 3.67. The number of methoxy groups -OCH3 is 1. The normalized spacial score (nSPS) is 24.0. The molecule has 5 heteroatoms. The Hall–Kier alpha value is -1.33. The van der Waals surface area contributed by atoms with Gasteiger partial charge in [-0.25, -0.2) is 0 Å². The molecule has 0 bridgehead atoms. The van der Waals surface area contributed by atoms with Crippen LogP contribution in [-0.4, -0.2) is 29.4 Å². The summed E-state index contributed by atoms with van der Waals surface area (Å²) in [7, 11) is 1.68. The van der Waals surface area contributed by atoms with Crippen molar-refractivity contribution < 1.29 is 9.47 Å². The van der Waals surface area contributed by atoms with Gasteiger partial charge in [0.25, 0.3) is 0 Å². The number of fused-ring (bicyclic) bond motifs is 1. The van der Waals surface area contributed by atoms with Crippen LogP contribution in [0.3, 0.4) is 0 Å². The van der Waals surface area contributed by atoms with Crippen molar-refractivity contribution in [3.63, 3.8) is 0 Å². The SMILES string of the molecule is CCOC1CC(n2c(=S)[nH]c3cc(OC)ccc32)C1(C)C. The van der Waals surface area contributed by atoms with Crippen LogP contribution in [0.4, 0.5) is 0 Å². The molecule has 1 aliphatic rings. The number of rotatable bonds is 4. The van der Waals surface area contributed by atoms with E-state index in [-0.39, 0.29) is 5.41 Å². The van der Waals surface area contributed by atoms with Gasteiger partial charge in [-0.1, -0.05) is 13.8 Å². The van der Waals surface area contributed by atoms with Crippen molar-refractivity contribution in [3.8, 4) is 5.75 Å². The molecular formula is C16H22N2O2S. The molecule has 114 valence electrons. The molecule has 4 nitrogen and oxygen atoms in total. The molecule has 1 fully saturated rings. The number of nitrogens with one attached hydrogen (secondary N) is 1. The topological polar surface area (TPSA) is 39.2 Å². The third-order valence-electron chi connectivity index (χ3n) is 4.73. The lowest BCUT2D eigenvalue weighted by atomic mass is 9.64. The standard InChI is InChI=1S/C16H22N2O2S/c1-5-20-14-9-13(16(14,2)3)18-12-7-6-10(19-4)8-11(12)17-15(18)21/h6-8,13-14H,5,9H2,1-4H3,(H,17,21). The minimum Gasteiger partial charge on any atom is -0.497 e. The van der Waals surface area contributed by atoms with E-state index in [2.05, 4.69) is 29.5 Å². The van der Waals surface area contributed by atoms with Crippen molar-refractivity contribution in [1.29, 1.82) is 0 Å². The summed E-state index contributed by atoms with van der Waals surface area (Å²) >= 11 is 5.54. The van der Waals surface area contributed by atoms with E-state index in [1.807, 2.05) is 19.1 Å². The molecule has 1 aliphatic carbocycles. The summed E-state index contributed by atoms with van der Waals surface area (Å²) in [6, 6.07) is 6.41. The van der Waals surface area contributed by atoms with Gasteiger partial charge < -0.3 is 19.0 Å². The Morgan fingerprint density at radius 3 is 2.81 bits per heavy atom. The average molecular weight is 306 g/mol. The van der Waals surface area contributed by atoms with E-state index in [0.29, 0.717) is 12.1 Å². The smallest absolute Gasteiger partial charge is 0.178 e. The molecule has 21 heavy (non-hydrogen) atoms. The number of imidazole rings is 1. The van der Waals surface area contributed by atoms with E-state index < -0.39 is 0 Å². The molecule has 0 aliphatic heterocycles. The van der Waals surface area contributed by atoms with Crippen LogP contribution in [0.2, 0.25) is 0 Å². The van der Waals surface area contributed by atoms with Crippen molar-refractivity contribution in [1.82, 2.24) is 9.55 Å². The van der Waals surface area contributed by atoms with E-state index in [1.54, 1.807) is 7.11 Å². The second-order valence-electron chi connectivity index (χ2n) is 6.20. The van der Waals surface area contributed by atoms with Crippen LogP contribution < -0.4 is 4.74 Å². The van der Waals surface area contributed by atoms with Gasteiger partial charge >= 0.3 is 0 Å². The van der Waals surface area contributed by atoms with Crippen molar-refractivity contribution in [2.75, 3.05) is 13.7 Å². The fourth-order valence-electron chi connectivity index (χ4n) is 3.33. The third kappa shape index (κ3) is 2.19. The zero-order chi connectivity index (χ0) is 15.2. The Morgan fingerprint density at radius 1 is 1.43 bits per heavy atom. The van der Waals surface area contributed by atoms with Gasteiger partial charge in [0, 0.05) is 24.1 Å². The molecule has 1 heterocycles. The van der Waals surface area contributed by atoms with Crippen LogP contribution in [0.1, 0.15) is 33.2 Å².